The molecule has 0 heterocycles. The summed E-state index contributed by atoms with van der Waals surface area (Å²) in [5.74, 6) is -0.818. The Bertz CT molecular complexity index is 1060. The Morgan fingerprint density at radius 2 is 1.52 bits per heavy atom. The van der Waals surface area contributed by atoms with Crippen molar-refractivity contribution in [3.8, 4) is 0 Å². The number of carbonyl (C=O) groups is 1. The highest BCUT2D eigenvalue weighted by molar-refractivity contribution is 7.92. The van der Waals surface area contributed by atoms with Crippen molar-refractivity contribution in [2.45, 2.75) is 11.8 Å². The number of nitrogens with one attached hydrogen (secondary N) is 2. The average molecular weight is 384 g/mol. The van der Waals surface area contributed by atoms with Crippen molar-refractivity contribution >= 4 is 27.3 Å². The minimum atomic E-state index is -3.77. The van der Waals surface area contributed by atoms with Crippen LogP contribution in [0.4, 0.5) is 15.8 Å². The molecule has 7 heteroatoms. The predicted molar refractivity (Wildman–Crippen MR) is 103 cm³/mol. The highest BCUT2D eigenvalue weighted by Crippen LogP contribution is 2.20. The molecule has 1 amide bonds. The summed E-state index contributed by atoms with van der Waals surface area (Å²) in [5.41, 5.74) is 2.03. The quantitative estimate of drug-likeness (QED) is 0.693. The summed E-state index contributed by atoms with van der Waals surface area (Å²) in [6.07, 6.45) is 0. The normalized spacial score (nSPS) is 11.0. The van der Waals surface area contributed by atoms with Crippen molar-refractivity contribution in [3.63, 3.8) is 0 Å². The maximum atomic E-state index is 12.9. The largest absolute Gasteiger partial charge is 0.322 e. The van der Waals surface area contributed by atoms with Gasteiger partial charge in [0.05, 0.1) is 10.6 Å². The third kappa shape index (κ3) is 4.51. The zero-order chi connectivity index (χ0) is 19.4. The van der Waals surface area contributed by atoms with Gasteiger partial charge in [-0.2, -0.15) is 0 Å². The number of para-hydroxylation sites is 1. The molecule has 0 aromatic heterocycles. The lowest BCUT2D eigenvalue weighted by molar-refractivity contribution is 0.102. The van der Waals surface area contributed by atoms with Gasteiger partial charge in [0.1, 0.15) is 5.82 Å². The van der Waals surface area contributed by atoms with E-state index in [4.69, 9.17) is 0 Å². The molecule has 0 fully saturated rings. The first-order chi connectivity index (χ1) is 12.8. The number of carbonyl (C=O) groups excluding carboxylic acids is 1. The molecule has 5 nitrogen and oxygen atoms in total. The molecule has 0 unspecified atom stereocenters. The summed E-state index contributed by atoms with van der Waals surface area (Å²) in [4.78, 5) is 12.3. The van der Waals surface area contributed by atoms with Crippen LogP contribution < -0.4 is 10.0 Å². The van der Waals surface area contributed by atoms with E-state index in [0.29, 0.717) is 11.4 Å². The van der Waals surface area contributed by atoms with Crippen LogP contribution in [0, 0.1) is 12.7 Å². The van der Waals surface area contributed by atoms with E-state index in [2.05, 4.69) is 10.0 Å². The predicted octanol–water partition coefficient (Wildman–Crippen LogP) is 4.19. The third-order valence-electron chi connectivity index (χ3n) is 3.92. The van der Waals surface area contributed by atoms with Gasteiger partial charge < -0.3 is 5.32 Å². The van der Waals surface area contributed by atoms with E-state index in [1.165, 1.54) is 48.5 Å². The van der Waals surface area contributed by atoms with Crippen LogP contribution in [-0.2, 0) is 10.0 Å². The molecule has 0 atom stereocenters. The molecule has 0 bridgehead atoms. The van der Waals surface area contributed by atoms with E-state index < -0.39 is 21.7 Å². The van der Waals surface area contributed by atoms with Crippen molar-refractivity contribution in [2.24, 2.45) is 0 Å². The molecule has 0 spiro atoms. The van der Waals surface area contributed by atoms with Gasteiger partial charge in [-0.05, 0) is 67.1 Å². The molecule has 3 aromatic rings. The summed E-state index contributed by atoms with van der Waals surface area (Å²) >= 11 is 0. The van der Waals surface area contributed by atoms with E-state index in [-0.39, 0.29) is 10.5 Å². The number of benzene rings is 3. The van der Waals surface area contributed by atoms with Gasteiger partial charge in [0.2, 0.25) is 0 Å². The summed E-state index contributed by atoms with van der Waals surface area (Å²) in [6.45, 7) is 1.81. The van der Waals surface area contributed by atoms with E-state index in [1.807, 2.05) is 6.07 Å². The van der Waals surface area contributed by atoms with Gasteiger partial charge in [-0.3, -0.25) is 9.52 Å². The second kappa shape index (κ2) is 7.59. The Kier molecular flexibility index (Phi) is 5.23. The smallest absolute Gasteiger partial charge is 0.261 e. The molecule has 3 aromatic carbocycles. The van der Waals surface area contributed by atoms with Crippen molar-refractivity contribution in [2.75, 3.05) is 10.0 Å². The first kappa shape index (κ1) is 18.6. The summed E-state index contributed by atoms with van der Waals surface area (Å²) in [7, 11) is -3.77. The fourth-order valence-electron chi connectivity index (χ4n) is 2.41. The number of sulfonamides is 1. The second-order valence-electron chi connectivity index (χ2n) is 5.91. The Morgan fingerprint density at radius 1 is 0.889 bits per heavy atom. The first-order valence-corrected chi connectivity index (χ1v) is 9.59. The lowest BCUT2D eigenvalue weighted by Crippen LogP contribution is -2.15. The SMILES string of the molecule is Cc1ccccc1NS(=O)(=O)c1ccc(C(=O)Nc2ccc(F)cc2)cc1. The standard InChI is InChI=1S/C20H17FN2O3S/c1-14-4-2-3-5-19(14)23-27(25,26)18-12-6-15(7-13-18)20(24)22-17-10-8-16(21)9-11-17/h2-13,23H,1H3,(H,22,24). The van der Waals surface area contributed by atoms with Gasteiger partial charge in [-0.15, -0.1) is 0 Å². The molecular formula is C20H17FN2O3S. The van der Waals surface area contributed by atoms with Gasteiger partial charge in [0.25, 0.3) is 15.9 Å². The minimum absolute atomic E-state index is 0.0454. The Hall–Kier alpha value is -3.19. The lowest BCUT2D eigenvalue weighted by atomic mass is 10.2. The van der Waals surface area contributed by atoms with Gasteiger partial charge in [0.15, 0.2) is 0 Å². The van der Waals surface area contributed by atoms with E-state index in [0.717, 1.165) is 5.56 Å². The zero-order valence-corrected chi connectivity index (χ0v) is 15.3. The van der Waals surface area contributed by atoms with E-state index in [1.54, 1.807) is 25.1 Å². The van der Waals surface area contributed by atoms with E-state index >= 15 is 0 Å². The van der Waals surface area contributed by atoms with Gasteiger partial charge in [-0.1, -0.05) is 18.2 Å². The van der Waals surface area contributed by atoms with Crippen LogP contribution in [-0.4, -0.2) is 14.3 Å². The van der Waals surface area contributed by atoms with Crippen LogP contribution in [0.3, 0.4) is 0 Å². The zero-order valence-electron chi connectivity index (χ0n) is 14.4. The molecular weight excluding hydrogens is 367 g/mol. The average Bonchev–Trinajstić information content (AvgIpc) is 2.65. The van der Waals surface area contributed by atoms with Gasteiger partial charge >= 0.3 is 0 Å². The van der Waals surface area contributed by atoms with Crippen LogP contribution in [0.15, 0.2) is 77.7 Å². The van der Waals surface area contributed by atoms with Crippen molar-refractivity contribution in [3.05, 3.63) is 89.7 Å². The second-order valence-corrected chi connectivity index (χ2v) is 7.59. The molecule has 0 radical (unpaired) electrons. The number of aryl methyl sites for hydroxylation is 1. The molecule has 0 saturated heterocycles. The third-order valence-corrected chi connectivity index (χ3v) is 5.30. The molecule has 2 N–H and O–H groups in total. The molecule has 0 aliphatic rings. The first-order valence-electron chi connectivity index (χ1n) is 8.10. The fraction of sp³-hybridized carbons (Fsp3) is 0.0500. The molecule has 3 rings (SSSR count). The molecule has 138 valence electrons. The highest BCUT2D eigenvalue weighted by atomic mass is 32.2. The van der Waals surface area contributed by atoms with Crippen LogP contribution >= 0.6 is 0 Å². The van der Waals surface area contributed by atoms with Crippen LogP contribution in [0.2, 0.25) is 0 Å². The monoisotopic (exact) mass is 384 g/mol. The summed E-state index contributed by atoms with van der Waals surface area (Å²) in [5, 5.41) is 2.62. The molecule has 0 saturated carbocycles. The van der Waals surface area contributed by atoms with E-state index in [9.17, 15) is 17.6 Å². The lowest BCUT2D eigenvalue weighted by Gasteiger charge is -2.11. The maximum Gasteiger partial charge on any atom is 0.261 e. The number of anilines is 2. The minimum Gasteiger partial charge on any atom is -0.322 e. The molecule has 27 heavy (non-hydrogen) atoms. The number of halogens is 1. The number of amides is 1. The van der Waals surface area contributed by atoms with Crippen molar-refractivity contribution in [1.82, 2.24) is 0 Å². The van der Waals surface area contributed by atoms with Crippen molar-refractivity contribution < 1.29 is 17.6 Å². The summed E-state index contributed by atoms with van der Waals surface area (Å²) in [6, 6.07) is 18.0. The Balaban J connectivity index is 1.75. The Morgan fingerprint density at radius 3 is 2.15 bits per heavy atom. The van der Waals surface area contributed by atoms with Crippen LogP contribution in [0.1, 0.15) is 15.9 Å². The van der Waals surface area contributed by atoms with Crippen molar-refractivity contribution in [1.29, 1.82) is 0 Å². The Labute approximate surface area is 156 Å². The maximum absolute atomic E-state index is 12.9. The summed E-state index contributed by atoms with van der Waals surface area (Å²) < 4.78 is 40.5. The van der Waals surface area contributed by atoms with Crippen LogP contribution in [0.25, 0.3) is 0 Å². The molecule has 0 aliphatic carbocycles. The van der Waals surface area contributed by atoms with Crippen LogP contribution in [0.5, 0.6) is 0 Å². The van der Waals surface area contributed by atoms with Gasteiger partial charge in [-0.25, -0.2) is 12.8 Å². The number of hydrogen-bond acceptors (Lipinski definition) is 3. The topological polar surface area (TPSA) is 75.3 Å². The number of hydrogen-bond donors (Lipinski definition) is 2. The number of rotatable bonds is 5. The fourth-order valence-corrected chi connectivity index (χ4v) is 3.54. The van der Waals surface area contributed by atoms with Gasteiger partial charge in [0, 0.05) is 11.3 Å². The highest BCUT2D eigenvalue weighted by Gasteiger charge is 2.16. The molecule has 0 aliphatic heterocycles.